The van der Waals surface area contributed by atoms with Crippen LogP contribution in [0.15, 0.2) is 36.4 Å². The molecule has 2 aromatic rings. The number of ether oxygens (including phenoxy) is 2. The van der Waals surface area contributed by atoms with Gasteiger partial charge in [0.1, 0.15) is 5.82 Å². The predicted octanol–water partition coefficient (Wildman–Crippen LogP) is 2.66. The molecule has 2 aliphatic rings. The molecule has 0 fully saturated rings. The summed E-state index contributed by atoms with van der Waals surface area (Å²) in [5, 5.41) is 2.90. The lowest BCUT2D eigenvalue weighted by Crippen LogP contribution is -2.39. The Morgan fingerprint density at radius 1 is 1.07 bits per heavy atom. The smallest absolute Gasteiger partial charge is 0.234 e. The molecule has 0 aliphatic carbocycles. The average molecular weight is 370 g/mol. The van der Waals surface area contributed by atoms with Crippen molar-refractivity contribution in [3.05, 3.63) is 58.9 Å². The maximum absolute atomic E-state index is 12.9. The van der Waals surface area contributed by atoms with E-state index in [4.69, 9.17) is 9.47 Å². The van der Waals surface area contributed by atoms with Crippen LogP contribution in [0.2, 0.25) is 0 Å². The third-order valence-electron chi connectivity index (χ3n) is 4.93. The summed E-state index contributed by atoms with van der Waals surface area (Å²) in [6.07, 6.45) is 1.77. The van der Waals surface area contributed by atoms with E-state index in [0.29, 0.717) is 26.3 Å². The van der Waals surface area contributed by atoms with Crippen LogP contribution in [0.4, 0.5) is 4.39 Å². The molecule has 0 radical (unpaired) electrons. The molecule has 27 heavy (non-hydrogen) atoms. The highest BCUT2D eigenvalue weighted by molar-refractivity contribution is 5.78. The van der Waals surface area contributed by atoms with E-state index in [1.807, 2.05) is 0 Å². The van der Waals surface area contributed by atoms with Crippen LogP contribution in [-0.2, 0) is 24.3 Å². The molecule has 4 rings (SSSR count). The van der Waals surface area contributed by atoms with Gasteiger partial charge < -0.3 is 14.8 Å². The molecule has 0 saturated heterocycles. The molecule has 6 heteroatoms. The van der Waals surface area contributed by atoms with Crippen molar-refractivity contribution < 1.29 is 18.7 Å². The third kappa shape index (κ3) is 4.39. The Morgan fingerprint density at radius 2 is 1.78 bits per heavy atom. The number of carbonyl (C=O) groups is 1. The Kier molecular flexibility index (Phi) is 5.25. The Labute approximate surface area is 158 Å². The highest BCUT2D eigenvalue weighted by atomic mass is 19.1. The van der Waals surface area contributed by atoms with Gasteiger partial charge in [0.25, 0.3) is 0 Å². The standard InChI is InChI=1S/C21H23FN2O3/c22-18-4-2-15(3-5-18)12-23-21(25)14-24-7-6-16-10-19-20(11-17(16)13-24)27-9-1-8-26-19/h2-5,10-11H,1,6-9,12-14H2,(H,23,25). The summed E-state index contributed by atoms with van der Waals surface area (Å²) in [6.45, 7) is 3.65. The van der Waals surface area contributed by atoms with Crippen LogP contribution in [0.25, 0.3) is 0 Å². The monoisotopic (exact) mass is 370 g/mol. The van der Waals surface area contributed by atoms with E-state index >= 15 is 0 Å². The number of hydrogen-bond acceptors (Lipinski definition) is 4. The number of halogens is 1. The predicted molar refractivity (Wildman–Crippen MR) is 99.3 cm³/mol. The molecule has 2 heterocycles. The van der Waals surface area contributed by atoms with Crippen molar-refractivity contribution in [2.75, 3.05) is 26.3 Å². The van der Waals surface area contributed by atoms with Gasteiger partial charge in [0.2, 0.25) is 5.91 Å². The molecule has 0 saturated carbocycles. The van der Waals surface area contributed by atoms with Crippen molar-refractivity contribution in [3.8, 4) is 11.5 Å². The summed E-state index contributed by atoms with van der Waals surface area (Å²) in [7, 11) is 0. The number of amides is 1. The van der Waals surface area contributed by atoms with E-state index in [1.54, 1.807) is 12.1 Å². The van der Waals surface area contributed by atoms with Crippen molar-refractivity contribution in [2.24, 2.45) is 0 Å². The van der Waals surface area contributed by atoms with Crippen LogP contribution in [-0.4, -0.2) is 37.1 Å². The first-order valence-corrected chi connectivity index (χ1v) is 9.32. The van der Waals surface area contributed by atoms with Crippen molar-refractivity contribution in [2.45, 2.75) is 25.9 Å². The van der Waals surface area contributed by atoms with Crippen LogP contribution in [0.3, 0.4) is 0 Å². The number of benzene rings is 2. The van der Waals surface area contributed by atoms with E-state index in [2.05, 4.69) is 22.3 Å². The quantitative estimate of drug-likeness (QED) is 0.899. The Hall–Kier alpha value is -2.60. The van der Waals surface area contributed by atoms with Crippen LogP contribution < -0.4 is 14.8 Å². The second-order valence-corrected chi connectivity index (χ2v) is 6.98. The van der Waals surface area contributed by atoms with E-state index in [9.17, 15) is 9.18 Å². The zero-order chi connectivity index (χ0) is 18.6. The number of nitrogens with zero attached hydrogens (tertiary/aromatic N) is 1. The SMILES string of the molecule is O=C(CN1CCc2cc3c(cc2C1)OCCCO3)NCc1ccc(F)cc1. The molecule has 5 nitrogen and oxygen atoms in total. The van der Waals surface area contributed by atoms with Crippen molar-refractivity contribution >= 4 is 5.91 Å². The van der Waals surface area contributed by atoms with E-state index < -0.39 is 0 Å². The normalized spacial score (nSPS) is 16.3. The second kappa shape index (κ2) is 7.96. The molecule has 1 N–H and O–H groups in total. The lowest BCUT2D eigenvalue weighted by atomic mass is 9.99. The highest BCUT2D eigenvalue weighted by Gasteiger charge is 2.22. The van der Waals surface area contributed by atoms with Crippen molar-refractivity contribution in [3.63, 3.8) is 0 Å². The fourth-order valence-electron chi connectivity index (χ4n) is 3.47. The van der Waals surface area contributed by atoms with E-state index in [-0.39, 0.29) is 11.7 Å². The number of carbonyl (C=O) groups excluding carboxylic acids is 1. The summed E-state index contributed by atoms with van der Waals surface area (Å²) in [6, 6.07) is 10.3. The lowest BCUT2D eigenvalue weighted by Gasteiger charge is -2.29. The van der Waals surface area contributed by atoms with Gasteiger partial charge in [-0.15, -0.1) is 0 Å². The topological polar surface area (TPSA) is 50.8 Å². The van der Waals surface area contributed by atoms with Gasteiger partial charge in [0.15, 0.2) is 11.5 Å². The summed E-state index contributed by atoms with van der Waals surface area (Å²) in [5.41, 5.74) is 3.34. The first-order chi connectivity index (χ1) is 13.2. The van der Waals surface area contributed by atoms with E-state index in [1.165, 1.54) is 23.3 Å². The minimum atomic E-state index is -0.274. The molecule has 0 atom stereocenters. The van der Waals surface area contributed by atoms with Gasteiger partial charge in [-0.1, -0.05) is 12.1 Å². The Balaban J connectivity index is 1.34. The third-order valence-corrected chi connectivity index (χ3v) is 4.93. The van der Waals surface area contributed by atoms with Gasteiger partial charge in [-0.3, -0.25) is 9.69 Å². The molecule has 2 aliphatic heterocycles. The summed E-state index contributed by atoms with van der Waals surface area (Å²) in [4.78, 5) is 14.4. The number of hydrogen-bond donors (Lipinski definition) is 1. The maximum atomic E-state index is 12.9. The molecule has 1 amide bonds. The van der Waals surface area contributed by atoms with Gasteiger partial charge in [-0.05, 0) is 47.4 Å². The molecular weight excluding hydrogens is 347 g/mol. The first-order valence-electron chi connectivity index (χ1n) is 9.32. The maximum Gasteiger partial charge on any atom is 0.234 e. The van der Waals surface area contributed by atoms with Crippen LogP contribution >= 0.6 is 0 Å². The minimum Gasteiger partial charge on any atom is -0.490 e. The molecule has 0 unspecified atom stereocenters. The zero-order valence-corrected chi connectivity index (χ0v) is 15.2. The van der Waals surface area contributed by atoms with E-state index in [0.717, 1.165) is 43.0 Å². The van der Waals surface area contributed by atoms with Crippen molar-refractivity contribution in [1.82, 2.24) is 10.2 Å². The number of rotatable bonds is 4. The van der Waals surface area contributed by atoms with Crippen LogP contribution in [0.5, 0.6) is 11.5 Å². The molecular formula is C21H23FN2O3. The lowest BCUT2D eigenvalue weighted by molar-refractivity contribution is -0.122. The summed E-state index contributed by atoms with van der Waals surface area (Å²) in [5.74, 6) is 1.33. The van der Waals surface area contributed by atoms with Crippen LogP contribution in [0.1, 0.15) is 23.1 Å². The highest BCUT2D eigenvalue weighted by Crippen LogP contribution is 2.35. The van der Waals surface area contributed by atoms with Crippen molar-refractivity contribution in [1.29, 1.82) is 0 Å². The largest absolute Gasteiger partial charge is 0.490 e. The second-order valence-electron chi connectivity index (χ2n) is 6.98. The fraction of sp³-hybridized carbons (Fsp3) is 0.381. The zero-order valence-electron chi connectivity index (χ0n) is 15.2. The van der Waals surface area contributed by atoms with Crippen LogP contribution in [0, 0.1) is 5.82 Å². The van der Waals surface area contributed by atoms with Gasteiger partial charge >= 0.3 is 0 Å². The summed E-state index contributed by atoms with van der Waals surface area (Å²) < 4.78 is 24.5. The molecule has 0 aromatic heterocycles. The molecule has 0 bridgehead atoms. The van der Waals surface area contributed by atoms with Gasteiger partial charge in [0, 0.05) is 26.1 Å². The minimum absolute atomic E-state index is 0.0304. The summed E-state index contributed by atoms with van der Waals surface area (Å²) >= 11 is 0. The molecule has 2 aromatic carbocycles. The number of nitrogens with one attached hydrogen (secondary N) is 1. The Bertz CT molecular complexity index is 823. The molecule has 0 spiro atoms. The van der Waals surface area contributed by atoms with Gasteiger partial charge in [-0.25, -0.2) is 4.39 Å². The Morgan fingerprint density at radius 3 is 2.52 bits per heavy atom. The first kappa shape index (κ1) is 17.8. The number of fused-ring (bicyclic) bond motifs is 2. The van der Waals surface area contributed by atoms with Gasteiger partial charge in [0.05, 0.1) is 19.8 Å². The fourth-order valence-corrected chi connectivity index (χ4v) is 3.47. The average Bonchev–Trinajstić information content (AvgIpc) is 2.90. The molecule has 142 valence electrons. The van der Waals surface area contributed by atoms with Gasteiger partial charge in [-0.2, -0.15) is 0 Å².